The second-order valence-corrected chi connectivity index (χ2v) is 21.1. The Kier molecular flexibility index (Phi) is 24.1. The average molecular weight is 1030 g/mol. The van der Waals surface area contributed by atoms with E-state index in [-0.39, 0.29) is 48.5 Å². The number of esters is 1. The summed E-state index contributed by atoms with van der Waals surface area (Å²) in [6, 6.07) is 6.53. The molecule has 0 saturated heterocycles. The van der Waals surface area contributed by atoms with Gasteiger partial charge in [0.2, 0.25) is 29.6 Å². The minimum absolute atomic E-state index is 0.0337. The van der Waals surface area contributed by atoms with E-state index < -0.39 is 112 Å². The average Bonchev–Trinajstić information content (AvgIpc) is 3.25. The Morgan fingerprint density at radius 3 is 2.07 bits per heavy atom. The van der Waals surface area contributed by atoms with Crippen LogP contribution in [0.5, 0.6) is 0 Å². The van der Waals surface area contributed by atoms with Crippen LogP contribution in [0.1, 0.15) is 122 Å². The third kappa shape index (κ3) is 23.4. The first-order chi connectivity index (χ1) is 33.4. The molecular formula is C48H74N10O13S. The van der Waals surface area contributed by atoms with Crippen molar-refractivity contribution < 1.29 is 61.4 Å². The van der Waals surface area contributed by atoms with Crippen LogP contribution >= 0.6 is 0 Å². The maximum atomic E-state index is 14.2. The number of carbonyl (C=O) groups excluding carboxylic acids is 7. The number of sulfonamides is 1. The van der Waals surface area contributed by atoms with Gasteiger partial charge in [0.1, 0.15) is 29.8 Å². The van der Waals surface area contributed by atoms with Crippen LogP contribution in [0.25, 0.3) is 0 Å². The van der Waals surface area contributed by atoms with Crippen molar-refractivity contribution in [1.82, 2.24) is 30.9 Å². The molecule has 2 rings (SSSR count). The number of aliphatic carboxylic acids is 1. The SMILES string of the molecule is Cc1ccc(S(=O)(=O)NC(N)=NCCC[C@@H](C(=O)NCC(=O)O)N(C)C(=O)[C@H](NC(=O)c2cc(CNC(=O)C(N)CC(=O)OC(C)(C)C)cc(NC(=O)CCCCCNC(=O)OC(C)(C)C)c2)C(C)C)cc1. The monoisotopic (exact) mass is 1030 g/mol. The summed E-state index contributed by atoms with van der Waals surface area (Å²) in [6.07, 6.45) is 0.733. The number of guanidine groups is 1. The molecule has 0 bridgehead atoms. The highest BCUT2D eigenvalue weighted by molar-refractivity contribution is 7.90. The summed E-state index contributed by atoms with van der Waals surface area (Å²) in [5.74, 6) is -6.44. The zero-order chi connectivity index (χ0) is 54.6. The second-order valence-electron chi connectivity index (χ2n) is 19.4. The van der Waals surface area contributed by atoms with Crippen LogP contribution in [0, 0.1) is 12.8 Å². The molecule has 0 aliphatic carbocycles. The van der Waals surface area contributed by atoms with Gasteiger partial charge in [-0.2, -0.15) is 0 Å². The highest BCUT2D eigenvalue weighted by Crippen LogP contribution is 2.19. The quantitative estimate of drug-likeness (QED) is 0.0283. The number of alkyl carbamates (subject to hydrolysis) is 1. The van der Waals surface area contributed by atoms with Crippen molar-refractivity contribution in [1.29, 1.82) is 0 Å². The van der Waals surface area contributed by atoms with Crippen LogP contribution in [-0.2, 0) is 54.8 Å². The lowest BCUT2D eigenvalue weighted by Gasteiger charge is -2.32. The number of hydrogen-bond donors (Lipinski definition) is 9. The number of benzene rings is 2. The molecule has 3 atom stereocenters. The zero-order valence-electron chi connectivity index (χ0n) is 42.9. The topological polar surface area (TPSA) is 349 Å². The summed E-state index contributed by atoms with van der Waals surface area (Å²) in [5.41, 5.74) is 11.7. The van der Waals surface area contributed by atoms with Crippen molar-refractivity contribution >= 4 is 69.2 Å². The number of nitrogens with two attached hydrogens (primary N) is 2. The van der Waals surface area contributed by atoms with Gasteiger partial charge in [-0.05, 0) is 116 Å². The van der Waals surface area contributed by atoms with Gasteiger partial charge in [0.05, 0.1) is 17.4 Å². The standard InChI is InChI=1S/C48H74N10O13S/c1-29(2)40(44(66)58(10)36(43(65)54-28-38(60)61)15-14-22-51-45(50)57-72(68,69)34-19-17-30(3)18-20-34)56-41(63)32-23-31(27-53-42(64)35(49)26-39(62)70-47(4,5)6)24-33(25-32)55-37(59)16-12-11-13-21-52-46(67)71-48(7,8)9/h17-20,23-25,29,35-36,40H,11-16,21-22,26-28,49H2,1-10H3,(H,52,67)(H,53,64)(H,54,65)(H,55,59)(H,56,63)(H,60,61)(H3,50,51,57)/t35?,36-,40+/m0/s1. The van der Waals surface area contributed by atoms with Gasteiger partial charge in [-0.3, -0.25) is 38.6 Å². The lowest BCUT2D eigenvalue weighted by atomic mass is 9.99. The van der Waals surface area contributed by atoms with Gasteiger partial charge in [0.25, 0.3) is 15.9 Å². The molecule has 400 valence electrons. The van der Waals surface area contributed by atoms with E-state index >= 15 is 0 Å². The first kappa shape index (κ1) is 61.3. The molecule has 0 spiro atoms. The van der Waals surface area contributed by atoms with Gasteiger partial charge in [-0.15, -0.1) is 0 Å². The summed E-state index contributed by atoms with van der Waals surface area (Å²) in [7, 11) is -2.74. The summed E-state index contributed by atoms with van der Waals surface area (Å²) < 4.78 is 38.2. The predicted octanol–water partition coefficient (Wildman–Crippen LogP) is 2.55. The highest BCUT2D eigenvalue weighted by Gasteiger charge is 2.34. The zero-order valence-corrected chi connectivity index (χ0v) is 43.7. The molecule has 0 fully saturated rings. The summed E-state index contributed by atoms with van der Waals surface area (Å²) in [5, 5.41) is 22.3. The summed E-state index contributed by atoms with van der Waals surface area (Å²) in [6.45, 7) is 14.6. The Balaban J connectivity index is 2.32. The van der Waals surface area contributed by atoms with E-state index in [1.807, 2.05) is 0 Å². The number of nitrogens with one attached hydrogen (secondary N) is 6. The van der Waals surface area contributed by atoms with Gasteiger partial charge < -0.3 is 57.5 Å². The Bertz CT molecular complexity index is 2360. The van der Waals surface area contributed by atoms with Crippen molar-refractivity contribution in [3.05, 3.63) is 59.2 Å². The van der Waals surface area contributed by atoms with E-state index in [9.17, 15) is 51.9 Å². The molecule has 0 saturated carbocycles. The van der Waals surface area contributed by atoms with E-state index in [1.165, 1.54) is 37.4 Å². The molecule has 11 N–H and O–H groups in total. The van der Waals surface area contributed by atoms with Gasteiger partial charge in [0.15, 0.2) is 0 Å². The maximum Gasteiger partial charge on any atom is 0.407 e. The normalized spacial score (nSPS) is 13.1. The van der Waals surface area contributed by atoms with E-state index in [0.29, 0.717) is 31.4 Å². The third-order valence-corrected chi connectivity index (χ3v) is 11.5. The minimum atomic E-state index is -4.05. The number of likely N-dealkylation sites (N-methyl/N-ethyl adjacent to an activating group) is 1. The number of anilines is 1. The van der Waals surface area contributed by atoms with Crippen LogP contribution in [-0.4, -0.2) is 128 Å². The highest BCUT2D eigenvalue weighted by atomic mass is 32.2. The summed E-state index contributed by atoms with van der Waals surface area (Å²) in [4.78, 5) is 109. The number of hydrogen-bond acceptors (Lipinski definition) is 14. The fourth-order valence-corrected chi connectivity index (χ4v) is 7.56. The van der Waals surface area contributed by atoms with Crippen LogP contribution in [0.3, 0.4) is 0 Å². The van der Waals surface area contributed by atoms with Crippen LogP contribution in [0.4, 0.5) is 10.5 Å². The van der Waals surface area contributed by atoms with Crippen molar-refractivity contribution in [3.8, 4) is 0 Å². The number of aryl methyl sites for hydroxylation is 1. The van der Waals surface area contributed by atoms with Gasteiger partial charge in [-0.1, -0.05) is 38.0 Å². The maximum absolute atomic E-state index is 14.2. The van der Waals surface area contributed by atoms with E-state index in [0.717, 1.165) is 10.5 Å². The fourth-order valence-electron chi connectivity index (χ4n) is 6.61. The van der Waals surface area contributed by atoms with E-state index in [1.54, 1.807) is 74.4 Å². The Labute approximate surface area is 421 Å². The molecule has 24 heteroatoms. The number of amides is 6. The van der Waals surface area contributed by atoms with Gasteiger partial charge in [0, 0.05) is 44.4 Å². The number of unbranched alkanes of at least 4 members (excludes halogenated alkanes) is 2. The first-order valence-electron chi connectivity index (χ1n) is 23.5. The van der Waals surface area contributed by atoms with Crippen LogP contribution < -0.4 is 42.8 Å². The molecule has 0 aliphatic rings. The number of aliphatic imine (C=N–C) groups is 1. The summed E-state index contributed by atoms with van der Waals surface area (Å²) >= 11 is 0. The molecule has 1 unspecified atom stereocenters. The van der Waals surface area contributed by atoms with Crippen molar-refractivity contribution in [2.75, 3.05) is 32.0 Å². The van der Waals surface area contributed by atoms with Gasteiger partial charge >= 0.3 is 18.0 Å². The Hall–Kier alpha value is -6.82. The predicted molar refractivity (Wildman–Crippen MR) is 269 cm³/mol. The number of carboxylic acids is 1. The van der Waals surface area contributed by atoms with E-state index in [2.05, 4.69) is 36.3 Å². The Morgan fingerprint density at radius 2 is 1.47 bits per heavy atom. The number of carboxylic acid groups (broad SMARTS) is 1. The molecule has 0 aromatic heterocycles. The molecule has 6 amide bonds. The first-order valence-corrected chi connectivity index (χ1v) is 25.0. The van der Waals surface area contributed by atoms with E-state index in [4.69, 9.17) is 20.9 Å². The Morgan fingerprint density at radius 1 is 0.833 bits per heavy atom. The molecule has 0 radical (unpaired) electrons. The number of carbonyl (C=O) groups is 8. The number of rotatable bonds is 26. The molecule has 0 aliphatic heterocycles. The van der Waals surface area contributed by atoms with Crippen LogP contribution in [0.2, 0.25) is 0 Å². The fraction of sp³-hybridized carbons (Fsp3) is 0.562. The largest absolute Gasteiger partial charge is 0.480 e. The number of ether oxygens (including phenoxy) is 2. The molecule has 23 nitrogen and oxygen atoms in total. The molecule has 72 heavy (non-hydrogen) atoms. The lowest BCUT2D eigenvalue weighted by Crippen LogP contribution is -2.56. The molecule has 0 heterocycles. The second kappa shape index (κ2) is 28.3. The minimum Gasteiger partial charge on any atom is -0.480 e. The van der Waals surface area contributed by atoms with Crippen molar-refractivity contribution in [3.63, 3.8) is 0 Å². The smallest absolute Gasteiger partial charge is 0.407 e. The van der Waals surface area contributed by atoms with Gasteiger partial charge in [-0.25, -0.2) is 17.9 Å². The molecule has 2 aromatic rings. The van der Waals surface area contributed by atoms with Crippen molar-refractivity contribution in [2.45, 2.75) is 148 Å². The lowest BCUT2D eigenvalue weighted by molar-refractivity contribution is -0.156. The van der Waals surface area contributed by atoms with Crippen molar-refractivity contribution in [2.24, 2.45) is 22.4 Å². The molecular weight excluding hydrogens is 957 g/mol. The van der Waals surface area contributed by atoms with Crippen LogP contribution in [0.15, 0.2) is 52.4 Å². The number of nitrogens with zero attached hydrogens (tertiary/aromatic N) is 2. The third-order valence-electron chi connectivity index (χ3n) is 10.1. The molecule has 2 aromatic carbocycles.